The van der Waals surface area contributed by atoms with Gasteiger partial charge in [-0.2, -0.15) is 0 Å². The maximum atomic E-state index is 12.7. The maximum absolute atomic E-state index is 12.7. The fourth-order valence-electron chi connectivity index (χ4n) is 4.29. The smallest absolute Gasteiger partial charge is 0.271 e. The third-order valence-electron chi connectivity index (χ3n) is 5.78. The van der Waals surface area contributed by atoms with Crippen LogP contribution in [0.4, 0.5) is 0 Å². The van der Waals surface area contributed by atoms with Crippen LogP contribution in [0.15, 0.2) is 54.6 Å². The summed E-state index contributed by atoms with van der Waals surface area (Å²) < 4.78 is 2.03. The minimum absolute atomic E-state index is 0.226. The number of benzene rings is 2. The zero-order chi connectivity index (χ0) is 21.1. The second-order valence-corrected chi connectivity index (χ2v) is 7.95. The van der Waals surface area contributed by atoms with E-state index in [1.165, 1.54) is 24.0 Å². The second-order valence-electron chi connectivity index (χ2n) is 7.95. The summed E-state index contributed by atoms with van der Waals surface area (Å²) in [6, 6.07) is 18.0. The molecule has 1 aliphatic rings. The molecule has 0 aliphatic heterocycles. The van der Waals surface area contributed by atoms with Gasteiger partial charge >= 0.3 is 0 Å². The molecular formula is C25H27N3O2. The Kier molecular flexibility index (Phi) is 5.70. The van der Waals surface area contributed by atoms with Gasteiger partial charge in [0, 0.05) is 17.1 Å². The molecule has 5 heteroatoms. The van der Waals surface area contributed by atoms with Gasteiger partial charge in [0.05, 0.1) is 12.0 Å². The molecule has 0 bridgehead atoms. The van der Waals surface area contributed by atoms with E-state index in [4.69, 9.17) is 0 Å². The van der Waals surface area contributed by atoms with Gasteiger partial charge in [0.25, 0.3) is 5.91 Å². The predicted molar refractivity (Wildman–Crippen MR) is 118 cm³/mol. The number of nitrogens with zero attached hydrogens (tertiary/aromatic N) is 1. The number of rotatable bonds is 4. The van der Waals surface area contributed by atoms with E-state index < -0.39 is 0 Å². The lowest BCUT2D eigenvalue weighted by molar-refractivity contribution is -0.121. The standard InChI is InChI=1S/C25H27N3O2/c1-17-14-23(18(2)28(17)22-10-4-3-5-11-22)25(30)27-26-24(29)16-19-12-13-20-8-6-7-9-21(20)15-19/h3-5,10-15H,6-9,16H2,1-2H3,(H,26,29)(H,27,30). The van der Waals surface area contributed by atoms with Crippen molar-refractivity contribution in [3.05, 3.63) is 88.2 Å². The Labute approximate surface area is 177 Å². The first-order chi connectivity index (χ1) is 14.5. The van der Waals surface area contributed by atoms with Gasteiger partial charge in [0.1, 0.15) is 0 Å². The first-order valence-electron chi connectivity index (χ1n) is 10.5. The van der Waals surface area contributed by atoms with Crippen molar-refractivity contribution in [1.29, 1.82) is 0 Å². The van der Waals surface area contributed by atoms with Gasteiger partial charge in [-0.1, -0.05) is 36.4 Å². The molecule has 1 heterocycles. The van der Waals surface area contributed by atoms with E-state index in [1.807, 2.05) is 60.9 Å². The molecule has 2 aromatic carbocycles. The summed E-state index contributed by atoms with van der Waals surface area (Å²) in [6.07, 6.45) is 4.90. The lowest BCUT2D eigenvalue weighted by Gasteiger charge is -2.16. The molecule has 154 valence electrons. The molecular weight excluding hydrogens is 374 g/mol. The predicted octanol–water partition coefficient (Wildman–Crippen LogP) is 3.98. The van der Waals surface area contributed by atoms with Crippen molar-refractivity contribution < 1.29 is 9.59 Å². The molecule has 0 radical (unpaired) electrons. The molecule has 0 saturated carbocycles. The summed E-state index contributed by atoms with van der Waals surface area (Å²) in [6.45, 7) is 3.87. The van der Waals surface area contributed by atoms with E-state index >= 15 is 0 Å². The zero-order valence-corrected chi connectivity index (χ0v) is 17.5. The minimum Gasteiger partial charge on any atom is -0.318 e. The summed E-state index contributed by atoms with van der Waals surface area (Å²) >= 11 is 0. The molecule has 1 aromatic heterocycles. The van der Waals surface area contributed by atoms with E-state index in [2.05, 4.69) is 23.0 Å². The molecule has 2 amide bonds. The Bertz CT molecular complexity index is 1080. The summed E-state index contributed by atoms with van der Waals surface area (Å²) in [5.41, 5.74) is 12.2. The number of aryl methyl sites for hydroxylation is 3. The molecule has 1 aliphatic carbocycles. The Hall–Kier alpha value is -3.34. The Morgan fingerprint density at radius 2 is 1.63 bits per heavy atom. The van der Waals surface area contributed by atoms with Crippen LogP contribution in [0.2, 0.25) is 0 Å². The van der Waals surface area contributed by atoms with Crippen molar-refractivity contribution in [2.24, 2.45) is 0 Å². The monoisotopic (exact) mass is 401 g/mol. The first-order valence-corrected chi connectivity index (χ1v) is 10.5. The van der Waals surface area contributed by atoms with Crippen LogP contribution in [-0.2, 0) is 24.1 Å². The lowest BCUT2D eigenvalue weighted by atomic mass is 9.90. The van der Waals surface area contributed by atoms with Crippen molar-refractivity contribution in [2.75, 3.05) is 0 Å². The van der Waals surface area contributed by atoms with Gasteiger partial charge in [-0.3, -0.25) is 20.4 Å². The molecule has 5 nitrogen and oxygen atoms in total. The van der Waals surface area contributed by atoms with E-state index in [-0.39, 0.29) is 18.2 Å². The number of hydrogen-bond acceptors (Lipinski definition) is 2. The summed E-state index contributed by atoms with van der Waals surface area (Å²) in [5.74, 6) is -0.542. The molecule has 0 spiro atoms. The Morgan fingerprint density at radius 3 is 2.40 bits per heavy atom. The lowest BCUT2D eigenvalue weighted by Crippen LogP contribution is -2.42. The van der Waals surface area contributed by atoms with E-state index in [0.717, 1.165) is 35.5 Å². The highest BCUT2D eigenvalue weighted by Gasteiger charge is 2.17. The van der Waals surface area contributed by atoms with E-state index in [1.54, 1.807) is 0 Å². The topological polar surface area (TPSA) is 63.1 Å². The molecule has 4 rings (SSSR count). The summed E-state index contributed by atoms with van der Waals surface area (Å²) in [5, 5.41) is 0. The zero-order valence-electron chi connectivity index (χ0n) is 17.5. The average Bonchev–Trinajstić information content (AvgIpc) is 3.06. The number of nitrogens with one attached hydrogen (secondary N) is 2. The molecule has 2 N–H and O–H groups in total. The number of amides is 2. The van der Waals surface area contributed by atoms with Crippen LogP contribution in [0.25, 0.3) is 5.69 Å². The number of fused-ring (bicyclic) bond motifs is 1. The number of hydrogen-bond donors (Lipinski definition) is 2. The number of carbonyl (C=O) groups excluding carboxylic acids is 2. The summed E-state index contributed by atoms with van der Waals surface area (Å²) in [4.78, 5) is 25.0. The van der Waals surface area contributed by atoms with Crippen LogP contribution in [-0.4, -0.2) is 16.4 Å². The van der Waals surface area contributed by atoms with Gasteiger partial charge in [0.2, 0.25) is 5.91 Å². The Morgan fingerprint density at radius 1 is 0.900 bits per heavy atom. The molecule has 3 aromatic rings. The number of aromatic nitrogens is 1. The van der Waals surface area contributed by atoms with Gasteiger partial charge in [-0.05, 0) is 74.4 Å². The van der Waals surface area contributed by atoms with Crippen molar-refractivity contribution in [3.8, 4) is 5.69 Å². The Balaban J connectivity index is 1.40. The van der Waals surface area contributed by atoms with Crippen molar-refractivity contribution in [3.63, 3.8) is 0 Å². The molecule has 0 saturated heterocycles. The third kappa shape index (κ3) is 4.15. The minimum atomic E-state index is -0.316. The highest BCUT2D eigenvalue weighted by molar-refractivity contribution is 5.97. The van der Waals surface area contributed by atoms with Gasteiger partial charge in [-0.15, -0.1) is 0 Å². The highest BCUT2D eigenvalue weighted by Crippen LogP contribution is 2.23. The summed E-state index contributed by atoms with van der Waals surface area (Å²) in [7, 11) is 0. The molecule has 0 unspecified atom stereocenters. The van der Waals surface area contributed by atoms with E-state index in [9.17, 15) is 9.59 Å². The van der Waals surface area contributed by atoms with Crippen LogP contribution in [0, 0.1) is 13.8 Å². The van der Waals surface area contributed by atoms with Crippen molar-refractivity contribution >= 4 is 11.8 Å². The molecule has 0 fully saturated rings. The quantitative estimate of drug-likeness (QED) is 0.650. The van der Waals surface area contributed by atoms with Crippen LogP contribution in [0.5, 0.6) is 0 Å². The maximum Gasteiger partial charge on any atom is 0.271 e. The fraction of sp³-hybridized carbons (Fsp3) is 0.280. The van der Waals surface area contributed by atoms with Crippen LogP contribution >= 0.6 is 0 Å². The van der Waals surface area contributed by atoms with E-state index in [0.29, 0.717) is 5.56 Å². The van der Waals surface area contributed by atoms with Gasteiger partial charge in [0.15, 0.2) is 0 Å². The molecule has 0 atom stereocenters. The largest absolute Gasteiger partial charge is 0.318 e. The average molecular weight is 402 g/mol. The van der Waals surface area contributed by atoms with Crippen molar-refractivity contribution in [1.82, 2.24) is 15.4 Å². The second kappa shape index (κ2) is 8.57. The number of carbonyl (C=O) groups is 2. The highest BCUT2D eigenvalue weighted by atomic mass is 16.2. The van der Waals surface area contributed by atoms with Crippen molar-refractivity contribution in [2.45, 2.75) is 46.0 Å². The SMILES string of the molecule is Cc1cc(C(=O)NNC(=O)Cc2ccc3c(c2)CCCC3)c(C)n1-c1ccccc1. The third-order valence-corrected chi connectivity index (χ3v) is 5.78. The van der Waals surface area contributed by atoms with Crippen LogP contribution in [0.1, 0.15) is 51.3 Å². The van der Waals surface area contributed by atoms with Crippen LogP contribution < -0.4 is 10.9 Å². The van der Waals surface area contributed by atoms with Gasteiger partial charge < -0.3 is 4.57 Å². The van der Waals surface area contributed by atoms with Crippen LogP contribution in [0.3, 0.4) is 0 Å². The number of para-hydroxylation sites is 1. The molecule has 30 heavy (non-hydrogen) atoms. The normalized spacial score (nSPS) is 12.9. The first kappa shape index (κ1) is 20.0. The number of hydrazine groups is 1. The fourth-order valence-corrected chi connectivity index (χ4v) is 4.29. The van der Waals surface area contributed by atoms with Gasteiger partial charge in [-0.25, -0.2) is 0 Å².